The number of carbonyl (C=O) groups excluding carboxylic acids is 2. The molecule has 2 amide bonds. The summed E-state index contributed by atoms with van der Waals surface area (Å²) in [6, 6.07) is 4.80. The van der Waals surface area contributed by atoms with Crippen LogP contribution in [0.15, 0.2) is 28.9 Å². The molecule has 2 heterocycles. The molecule has 8 heteroatoms. The van der Waals surface area contributed by atoms with Gasteiger partial charge in [-0.2, -0.15) is 0 Å². The molecule has 2 aromatic heterocycles. The van der Waals surface area contributed by atoms with E-state index in [1.165, 1.54) is 38.1 Å². The van der Waals surface area contributed by atoms with Crippen LogP contribution in [0.3, 0.4) is 0 Å². The second kappa shape index (κ2) is 6.48. The van der Waals surface area contributed by atoms with Gasteiger partial charge in [-0.3, -0.25) is 9.59 Å². The van der Waals surface area contributed by atoms with Crippen LogP contribution in [0.2, 0.25) is 0 Å². The van der Waals surface area contributed by atoms with E-state index in [-0.39, 0.29) is 5.76 Å². The number of rotatable bonds is 5. The first-order valence-electron chi connectivity index (χ1n) is 7.11. The normalized spacial score (nSPS) is 11.2. The molecule has 0 aliphatic carbocycles. The highest BCUT2D eigenvalue weighted by Crippen LogP contribution is 2.29. The Morgan fingerprint density at radius 1 is 1.33 bits per heavy atom. The van der Waals surface area contributed by atoms with E-state index in [0.717, 1.165) is 11.3 Å². The van der Waals surface area contributed by atoms with Crippen molar-refractivity contribution in [1.82, 2.24) is 4.90 Å². The van der Waals surface area contributed by atoms with Gasteiger partial charge in [0, 0.05) is 7.05 Å². The Bertz CT molecular complexity index is 776. The van der Waals surface area contributed by atoms with Gasteiger partial charge >= 0.3 is 5.97 Å². The number of aliphatic carboxylic acids is 1. The molecule has 0 bridgehead atoms. The fourth-order valence-corrected chi connectivity index (χ4v) is 2.93. The van der Waals surface area contributed by atoms with Crippen molar-refractivity contribution < 1.29 is 23.9 Å². The Morgan fingerprint density at radius 3 is 2.54 bits per heavy atom. The number of carboxylic acids is 1. The van der Waals surface area contributed by atoms with E-state index in [0.29, 0.717) is 15.4 Å². The van der Waals surface area contributed by atoms with Crippen molar-refractivity contribution in [2.75, 3.05) is 12.4 Å². The molecule has 0 atom stereocenters. The number of anilines is 1. The van der Waals surface area contributed by atoms with Gasteiger partial charge in [-0.1, -0.05) is 0 Å². The summed E-state index contributed by atoms with van der Waals surface area (Å²) in [4.78, 5) is 37.4. The maximum absolute atomic E-state index is 12.6. The molecule has 0 aliphatic rings. The summed E-state index contributed by atoms with van der Waals surface area (Å²) >= 11 is 1.09. The molecule has 2 aromatic rings. The predicted molar refractivity (Wildman–Crippen MR) is 89.5 cm³/mol. The van der Waals surface area contributed by atoms with Gasteiger partial charge in [0.15, 0.2) is 5.76 Å². The molecule has 0 unspecified atom stereocenters. The van der Waals surface area contributed by atoms with Crippen LogP contribution < -0.4 is 5.32 Å². The van der Waals surface area contributed by atoms with Crippen molar-refractivity contribution in [2.24, 2.45) is 0 Å². The highest BCUT2D eigenvalue weighted by Gasteiger charge is 2.36. The fraction of sp³-hybridized carbons (Fsp3) is 0.312. The van der Waals surface area contributed by atoms with Crippen LogP contribution in [-0.2, 0) is 4.79 Å². The minimum absolute atomic E-state index is 0.165. The summed E-state index contributed by atoms with van der Waals surface area (Å²) in [5.41, 5.74) is -0.682. The number of nitrogens with one attached hydrogen (secondary N) is 1. The second-order valence-electron chi connectivity index (χ2n) is 5.78. The molecule has 0 radical (unpaired) electrons. The summed E-state index contributed by atoms with van der Waals surface area (Å²) in [6.45, 7) is 4.64. The molecule has 0 fully saturated rings. The van der Waals surface area contributed by atoms with Gasteiger partial charge in [0.2, 0.25) is 0 Å². The standard InChI is InChI=1S/C16H18N2O5S/c1-9-8-11(17-13(19)10-6-5-7-23-10)24-12(9)14(20)18(4)16(2,3)15(21)22/h5-8H,1-4H3,(H,17,19)(H,21,22). The number of carboxylic acid groups (broad SMARTS) is 1. The van der Waals surface area contributed by atoms with Crippen molar-refractivity contribution in [2.45, 2.75) is 26.3 Å². The monoisotopic (exact) mass is 350 g/mol. The maximum atomic E-state index is 12.6. The number of nitrogens with zero attached hydrogens (tertiary/aromatic N) is 1. The lowest BCUT2D eigenvalue weighted by Gasteiger charge is -2.31. The molecule has 7 nitrogen and oxygen atoms in total. The number of hydrogen-bond acceptors (Lipinski definition) is 5. The second-order valence-corrected chi connectivity index (χ2v) is 6.83. The molecular weight excluding hydrogens is 332 g/mol. The highest BCUT2D eigenvalue weighted by atomic mass is 32.1. The van der Waals surface area contributed by atoms with Crippen molar-refractivity contribution in [3.05, 3.63) is 40.7 Å². The Morgan fingerprint density at radius 2 is 2.00 bits per heavy atom. The predicted octanol–water partition coefficient (Wildman–Crippen LogP) is 2.84. The lowest BCUT2D eigenvalue weighted by molar-refractivity contribution is -0.147. The van der Waals surface area contributed by atoms with Crippen LogP contribution in [0.5, 0.6) is 0 Å². The van der Waals surface area contributed by atoms with Crippen LogP contribution >= 0.6 is 11.3 Å². The topological polar surface area (TPSA) is 99.9 Å². The van der Waals surface area contributed by atoms with Gasteiger partial charge in [-0.25, -0.2) is 4.79 Å². The zero-order valence-corrected chi connectivity index (χ0v) is 14.6. The molecule has 0 saturated carbocycles. The van der Waals surface area contributed by atoms with Gasteiger partial charge in [-0.15, -0.1) is 11.3 Å². The summed E-state index contributed by atoms with van der Waals surface area (Å²) in [6.07, 6.45) is 1.40. The molecule has 2 N–H and O–H groups in total. The number of hydrogen-bond donors (Lipinski definition) is 2. The number of aryl methyl sites for hydroxylation is 1. The quantitative estimate of drug-likeness (QED) is 0.864. The van der Waals surface area contributed by atoms with Crippen LogP contribution in [-0.4, -0.2) is 40.4 Å². The highest BCUT2D eigenvalue weighted by molar-refractivity contribution is 7.18. The average Bonchev–Trinajstić information content (AvgIpc) is 3.15. The van der Waals surface area contributed by atoms with E-state index in [4.69, 9.17) is 4.42 Å². The molecule has 24 heavy (non-hydrogen) atoms. The first-order valence-corrected chi connectivity index (χ1v) is 7.93. The zero-order valence-electron chi connectivity index (χ0n) is 13.7. The Labute approximate surface area is 142 Å². The van der Waals surface area contributed by atoms with Crippen LogP contribution in [0.1, 0.15) is 39.6 Å². The van der Waals surface area contributed by atoms with Gasteiger partial charge in [0.05, 0.1) is 16.1 Å². The van der Waals surface area contributed by atoms with Gasteiger partial charge in [0.25, 0.3) is 11.8 Å². The maximum Gasteiger partial charge on any atom is 0.329 e. The lowest BCUT2D eigenvalue weighted by atomic mass is 10.0. The molecule has 128 valence electrons. The summed E-state index contributed by atoms with van der Waals surface area (Å²) < 4.78 is 5.01. The summed E-state index contributed by atoms with van der Waals surface area (Å²) in [5, 5.41) is 12.4. The van der Waals surface area contributed by atoms with E-state index in [1.54, 1.807) is 19.1 Å². The largest absolute Gasteiger partial charge is 0.480 e. The number of amides is 2. The molecule has 0 aliphatic heterocycles. The molecule has 0 saturated heterocycles. The van der Waals surface area contributed by atoms with Crippen molar-refractivity contribution >= 4 is 34.1 Å². The van der Waals surface area contributed by atoms with Crippen molar-refractivity contribution in [3.63, 3.8) is 0 Å². The number of carbonyl (C=O) groups is 3. The Hall–Kier alpha value is -2.61. The van der Waals surface area contributed by atoms with Gasteiger partial charge in [0.1, 0.15) is 5.54 Å². The van der Waals surface area contributed by atoms with E-state index < -0.39 is 23.3 Å². The van der Waals surface area contributed by atoms with E-state index in [2.05, 4.69) is 5.32 Å². The Kier molecular flexibility index (Phi) is 4.79. The number of likely N-dealkylation sites (N-methyl/N-ethyl adjacent to an activating group) is 1. The molecule has 2 rings (SSSR count). The van der Waals surface area contributed by atoms with Crippen LogP contribution in [0, 0.1) is 6.92 Å². The van der Waals surface area contributed by atoms with Crippen LogP contribution in [0.25, 0.3) is 0 Å². The van der Waals surface area contributed by atoms with Gasteiger partial charge in [-0.05, 0) is 44.5 Å². The Balaban J connectivity index is 2.21. The fourth-order valence-electron chi connectivity index (χ4n) is 1.89. The first kappa shape index (κ1) is 17.7. The zero-order chi connectivity index (χ0) is 18.1. The lowest BCUT2D eigenvalue weighted by Crippen LogP contribution is -2.50. The third-order valence-corrected chi connectivity index (χ3v) is 4.90. The molecule has 0 spiro atoms. The van der Waals surface area contributed by atoms with Crippen molar-refractivity contribution in [1.29, 1.82) is 0 Å². The van der Waals surface area contributed by atoms with Crippen molar-refractivity contribution in [3.8, 4) is 0 Å². The van der Waals surface area contributed by atoms with E-state index in [1.807, 2.05) is 0 Å². The smallest absolute Gasteiger partial charge is 0.329 e. The molecule has 0 aromatic carbocycles. The SMILES string of the molecule is Cc1cc(NC(=O)c2ccco2)sc1C(=O)N(C)C(C)(C)C(=O)O. The third-order valence-electron chi connectivity index (χ3n) is 3.76. The average molecular weight is 350 g/mol. The third kappa shape index (κ3) is 3.33. The minimum Gasteiger partial charge on any atom is -0.480 e. The van der Waals surface area contributed by atoms with Gasteiger partial charge < -0.3 is 19.7 Å². The molecular formula is C16H18N2O5S. The first-order chi connectivity index (χ1) is 11.1. The van der Waals surface area contributed by atoms with E-state index in [9.17, 15) is 19.5 Å². The summed E-state index contributed by atoms with van der Waals surface area (Å²) in [7, 11) is 1.44. The number of furan rings is 1. The minimum atomic E-state index is -1.34. The van der Waals surface area contributed by atoms with E-state index >= 15 is 0 Å². The summed E-state index contributed by atoms with van der Waals surface area (Å²) in [5.74, 6) is -1.76. The number of thiophene rings is 1. The van der Waals surface area contributed by atoms with Crippen LogP contribution in [0.4, 0.5) is 5.00 Å².